The van der Waals surface area contributed by atoms with E-state index in [-0.39, 0.29) is 18.4 Å². The molecule has 2 aromatic heterocycles. The molecule has 1 atom stereocenters. The van der Waals surface area contributed by atoms with Crippen LogP contribution in [-0.4, -0.2) is 35.6 Å². The average molecular weight is 460 g/mol. The highest BCUT2D eigenvalue weighted by Gasteiger charge is 2.41. The first-order chi connectivity index (χ1) is 14.6. The molecule has 1 unspecified atom stereocenters. The summed E-state index contributed by atoms with van der Waals surface area (Å²) in [6.07, 6.45) is 1.05. The molecule has 0 saturated carbocycles. The van der Waals surface area contributed by atoms with Gasteiger partial charge in [0.2, 0.25) is 5.91 Å². The van der Waals surface area contributed by atoms with Crippen LogP contribution in [-0.2, 0) is 20.7 Å². The average Bonchev–Trinajstić information content (AvgIpc) is 3.49. The second kappa shape index (κ2) is 9.20. The summed E-state index contributed by atoms with van der Waals surface area (Å²) in [6.45, 7) is 2.42. The number of amides is 1. The Morgan fingerprint density at radius 1 is 1.30 bits per heavy atom. The molecule has 1 amide bonds. The summed E-state index contributed by atoms with van der Waals surface area (Å²) in [5.74, 6) is -0.447. The minimum Gasteiger partial charge on any atom is -0.466 e. The van der Waals surface area contributed by atoms with E-state index in [4.69, 9.17) is 4.74 Å². The quantitative estimate of drug-likeness (QED) is 0.625. The molecule has 4 rings (SSSR count). The zero-order valence-electron chi connectivity index (χ0n) is 16.6. The predicted molar refractivity (Wildman–Crippen MR) is 122 cm³/mol. The van der Waals surface area contributed by atoms with Crippen LogP contribution in [0.5, 0.6) is 0 Å². The SMILES string of the molecule is COC(=O)C1=C(C)N=C2SC=C(CC(=O)NCCc3cccs3)N2C1c1ccsc1. The third-order valence-electron chi connectivity index (χ3n) is 4.88. The fraction of sp³-hybridized carbons (Fsp3) is 0.286. The number of thiophene rings is 2. The number of carbonyl (C=O) groups is 2. The number of rotatable bonds is 7. The lowest BCUT2D eigenvalue weighted by Gasteiger charge is -2.35. The normalized spacial score (nSPS) is 18.1. The van der Waals surface area contributed by atoms with Crippen LogP contribution in [0.1, 0.15) is 29.8 Å². The van der Waals surface area contributed by atoms with Gasteiger partial charge in [-0.2, -0.15) is 11.3 Å². The molecule has 30 heavy (non-hydrogen) atoms. The van der Waals surface area contributed by atoms with Crippen molar-refractivity contribution in [1.82, 2.24) is 10.2 Å². The van der Waals surface area contributed by atoms with Gasteiger partial charge in [-0.05, 0) is 52.6 Å². The Balaban J connectivity index is 1.52. The standard InChI is InChI=1S/C21H21N3O3S3/c1-13-18(20(26)27-2)19(14-6-9-28-11-14)24-15(12-30-21(24)23-13)10-17(25)22-7-5-16-4-3-8-29-16/h3-4,6,8-9,11-12,19H,5,7,10H2,1-2H3,(H,22,25). The number of esters is 1. The van der Waals surface area contributed by atoms with Gasteiger partial charge >= 0.3 is 5.97 Å². The van der Waals surface area contributed by atoms with Gasteiger partial charge in [0, 0.05) is 17.1 Å². The van der Waals surface area contributed by atoms with E-state index in [1.807, 2.05) is 45.5 Å². The summed E-state index contributed by atoms with van der Waals surface area (Å²) in [5, 5.41) is 11.8. The second-order valence-electron chi connectivity index (χ2n) is 6.80. The van der Waals surface area contributed by atoms with Crippen LogP contribution in [0.3, 0.4) is 0 Å². The van der Waals surface area contributed by atoms with E-state index in [9.17, 15) is 9.59 Å². The van der Waals surface area contributed by atoms with E-state index in [2.05, 4.69) is 16.4 Å². The Morgan fingerprint density at radius 2 is 2.17 bits per heavy atom. The number of nitrogens with one attached hydrogen (secondary N) is 1. The summed E-state index contributed by atoms with van der Waals surface area (Å²) >= 11 is 4.73. The number of fused-ring (bicyclic) bond motifs is 1. The lowest BCUT2D eigenvalue weighted by atomic mass is 9.96. The van der Waals surface area contributed by atoms with Crippen molar-refractivity contribution in [3.05, 3.63) is 67.2 Å². The van der Waals surface area contributed by atoms with Crippen molar-refractivity contribution in [2.45, 2.75) is 25.8 Å². The number of nitrogens with zero attached hydrogens (tertiary/aromatic N) is 2. The number of allylic oxidation sites excluding steroid dienone is 1. The van der Waals surface area contributed by atoms with Crippen LogP contribution in [0.25, 0.3) is 0 Å². The molecule has 0 fully saturated rings. The predicted octanol–water partition coefficient (Wildman–Crippen LogP) is 4.31. The van der Waals surface area contributed by atoms with Gasteiger partial charge in [0.1, 0.15) is 0 Å². The highest BCUT2D eigenvalue weighted by molar-refractivity contribution is 8.16. The Morgan fingerprint density at radius 3 is 2.87 bits per heavy atom. The van der Waals surface area contributed by atoms with Crippen molar-refractivity contribution in [3.63, 3.8) is 0 Å². The molecular formula is C21H21N3O3S3. The second-order valence-corrected chi connectivity index (χ2v) is 9.45. The molecule has 0 saturated heterocycles. The van der Waals surface area contributed by atoms with Gasteiger partial charge in [-0.3, -0.25) is 4.79 Å². The Bertz CT molecular complexity index is 1020. The van der Waals surface area contributed by atoms with Crippen molar-refractivity contribution < 1.29 is 14.3 Å². The fourth-order valence-corrected chi connectivity index (χ4v) is 5.85. The van der Waals surface area contributed by atoms with Crippen molar-refractivity contribution in [2.75, 3.05) is 13.7 Å². The molecule has 156 valence electrons. The zero-order chi connectivity index (χ0) is 21.1. The minimum atomic E-state index is -0.400. The smallest absolute Gasteiger partial charge is 0.338 e. The minimum absolute atomic E-state index is 0.0467. The Hall–Kier alpha value is -2.36. The summed E-state index contributed by atoms with van der Waals surface area (Å²) in [5.41, 5.74) is 2.97. The number of amidine groups is 1. The number of ether oxygens (including phenoxy) is 1. The van der Waals surface area contributed by atoms with Gasteiger partial charge in [-0.1, -0.05) is 17.8 Å². The number of hydrogen-bond donors (Lipinski definition) is 1. The Kier molecular flexibility index (Phi) is 6.40. The maximum atomic E-state index is 12.6. The van der Waals surface area contributed by atoms with Gasteiger partial charge in [-0.15, -0.1) is 11.3 Å². The van der Waals surface area contributed by atoms with E-state index < -0.39 is 5.97 Å². The van der Waals surface area contributed by atoms with E-state index >= 15 is 0 Å². The van der Waals surface area contributed by atoms with Crippen LogP contribution in [0.2, 0.25) is 0 Å². The number of thioether (sulfide) groups is 1. The van der Waals surface area contributed by atoms with Crippen molar-refractivity contribution in [3.8, 4) is 0 Å². The van der Waals surface area contributed by atoms with Crippen LogP contribution in [0, 0.1) is 0 Å². The van der Waals surface area contributed by atoms with E-state index in [1.165, 1.54) is 23.7 Å². The van der Waals surface area contributed by atoms with Crippen molar-refractivity contribution in [1.29, 1.82) is 0 Å². The molecule has 0 bridgehead atoms. The molecule has 1 N–H and O–H groups in total. The van der Waals surface area contributed by atoms with E-state index in [0.717, 1.165) is 22.8 Å². The first-order valence-corrected chi connectivity index (χ1v) is 12.1. The molecule has 0 spiro atoms. The number of carbonyl (C=O) groups excluding carboxylic acids is 2. The lowest BCUT2D eigenvalue weighted by molar-refractivity contribution is -0.136. The van der Waals surface area contributed by atoms with Gasteiger partial charge in [-0.25, -0.2) is 9.79 Å². The van der Waals surface area contributed by atoms with E-state index in [0.29, 0.717) is 17.8 Å². The van der Waals surface area contributed by atoms with Crippen molar-refractivity contribution in [2.24, 2.45) is 4.99 Å². The number of methoxy groups -OCH3 is 1. The molecule has 2 aromatic rings. The molecule has 2 aliphatic heterocycles. The Labute approximate surface area is 187 Å². The van der Waals surface area contributed by atoms with Crippen LogP contribution < -0.4 is 5.32 Å². The number of aliphatic imine (C=N–C) groups is 1. The summed E-state index contributed by atoms with van der Waals surface area (Å²) < 4.78 is 5.05. The van der Waals surface area contributed by atoms with Crippen LogP contribution in [0.4, 0.5) is 0 Å². The van der Waals surface area contributed by atoms with Crippen molar-refractivity contribution >= 4 is 51.5 Å². The van der Waals surface area contributed by atoms with Gasteiger partial charge in [0.25, 0.3) is 0 Å². The van der Waals surface area contributed by atoms with Gasteiger partial charge in [0.15, 0.2) is 5.17 Å². The first-order valence-electron chi connectivity index (χ1n) is 9.42. The monoisotopic (exact) mass is 459 g/mol. The maximum Gasteiger partial charge on any atom is 0.338 e. The zero-order valence-corrected chi connectivity index (χ0v) is 19.0. The van der Waals surface area contributed by atoms with Crippen LogP contribution in [0.15, 0.2) is 61.7 Å². The third-order valence-corrected chi connectivity index (χ3v) is 7.41. The van der Waals surface area contributed by atoms with Gasteiger partial charge in [0.05, 0.1) is 30.8 Å². The largest absolute Gasteiger partial charge is 0.466 e. The van der Waals surface area contributed by atoms with Gasteiger partial charge < -0.3 is 15.0 Å². The molecule has 0 radical (unpaired) electrons. The van der Waals surface area contributed by atoms with E-state index in [1.54, 1.807) is 22.7 Å². The molecular weight excluding hydrogens is 438 g/mol. The topological polar surface area (TPSA) is 71.0 Å². The molecule has 6 nitrogen and oxygen atoms in total. The summed E-state index contributed by atoms with van der Waals surface area (Å²) in [6, 6.07) is 5.73. The highest BCUT2D eigenvalue weighted by Crippen LogP contribution is 2.45. The molecule has 4 heterocycles. The highest BCUT2D eigenvalue weighted by atomic mass is 32.2. The molecule has 0 aromatic carbocycles. The maximum absolute atomic E-state index is 12.6. The molecule has 9 heteroatoms. The third kappa shape index (κ3) is 4.23. The fourth-order valence-electron chi connectivity index (χ4n) is 3.49. The molecule has 2 aliphatic rings. The number of hydrogen-bond acceptors (Lipinski definition) is 8. The summed E-state index contributed by atoms with van der Waals surface area (Å²) in [4.78, 5) is 33.0. The van der Waals surface area contributed by atoms with Crippen LogP contribution >= 0.6 is 34.4 Å². The lowest BCUT2D eigenvalue weighted by Crippen LogP contribution is -2.37. The molecule has 0 aliphatic carbocycles. The summed E-state index contributed by atoms with van der Waals surface area (Å²) in [7, 11) is 1.38. The first kappa shape index (κ1) is 20.9.